The fourth-order valence-electron chi connectivity index (χ4n) is 2.70. The summed E-state index contributed by atoms with van der Waals surface area (Å²) >= 11 is 0. The van der Waals surface area contributed by atoms with Gasteiger partial charge in [0.05, 0.1) is 20.1 Å². The summed E-state index contributed by atoms with van der Waals surface area (Å²) < 4.78 is 10.0. The number of hydrogen-bond acceptors (Lipinski definition) is 4. The van der Waals surface area contributed by atoms with Crippen LogP contribution in [0.3, 0.4) is 0 Å². The Labute approximate surface area is 120 Å². The van der Waals surface area contributed by atoms with Gasteiger partial charge >= 0.3 is 5.97 Å². The van der Waals surface area contributed by atoms with Crippen LogP contribution < -0.4 is 4.74 Å². The third-order valence-corrected chi connectivity index (χ3v) is 3.92. The lowest BCUT2D eigenvalue weighted by atomic mass is 9.98. The molecule has 0 bridgehead atoms. The number of benzene rings is 1. The van der Waals surface area contributed by atoms with Crippen molar-refractivity contribution < 1.29 is 14.3 Å². The Bertz CT molecular complexity index is 430. The second kappa shape index (κ2) is 7.29. The zero-order chi connectivity index (χ0) is 14.4. The molecule has 0 spiro atoms. The number of esters is 1. The summed E-state index contributed by atoms with van der Waals surface area (Å²) in [6.07, 6.45) is 3.02. The standard InChI is InChI=1S/C16H23NO3/c1-19-15-7-5-13(6-8-15)9-11-17-10-3-4-14(12-17)16(18)20-2/h5-8,14H,3-4,9-12H2,1-2H3. The van der Waals surface area contributed by atoms with Crippen molar-refractivity contribution >= 4 is 5.97 Å². The first kappa shape index (κ1) is 14.9. The molecule has 1 heterocycles. The van der Waals surface area contributed by atoms with Crippen molar-refractivity contribution in [2.45, 2.75) is 19.3 Å². The molecule has 1 fully saturated rings. The average Bonchev–Trinajstić information content (AvgIpc) is 2.53. The lowest BCUT2D eigenvalue weighted by Crippen LogP contribution is -2.40. The van der Waals surface area contributed by atoms with E-state index < -0.39 is 0 Å². The third kappa shape index (κ3) is 3.97. The molecule has 0 aromatic heterocycles. The number of methoxy groups -OCH3 is 2. The van der Waals surface area contributed by atoms with Crippen molar-refractivity contribution in [1.29, 1.82) is 0 Å². The fourth-order valence-corrected chi connectivity index (χ4v) is 2.70. The van der Waals surface area contributed by atoms with Crippen molar-refractivity contribution in [1.82, 2.24) is 4.90 Å². The lowest BCUT2D eigenvalue weighted by Gasteiger charge is -2.31. The lowest BCUT2D eigenvalue weighted by molar-refractivity contribution is -0.147. The maximum atomic E-state index is 11.6. The Kier molecular flexibility index (Phi) is 5.41. The van der Waals surface area contributed by atoms with Gasteiger partial charge in [0.25, 0.3) is 0 Å². The van der Waals surface area contributed by atoms with Gasteiger partial charge in [-0.1, -0.05) is 12.1 Å². The number of nitrogens with zero attached hydrogens (tertiary/aromatic N) is 1. The highest BCUT2D eigenvalue weighted by Gasteiger charge is 2.25. The summed E-state index contributed by atoms with van der Waals surface area (Å²) in [5.41, 5.74) is 1.30. The largest absolute Gasteiger partial charge is 0.497 e. The minimum Gasteiger partial charge on any atom is -0.497 e. The maximum absolute atomic E-state index is 11.6. The van der Waals surface area contributed by atoms with E-state index in [1.54, 1.807) is 7.11 Å². The van der Waals surface area contributed by atoms with Crippen molar-refractivity contribution in [2.75, 3.05) is 33.9 Å². The number of hydrogen-bond donors (Lipinski definition) is 0. The van der Waals surface area contributed by atoms with Crippen LogP contribution in [0, 0.1) is 5.92 Å². The molecule has 4 heteroatoms. The normalized spacial score (nSPS) is 19.6. The number of carbonyl (C=O) groups excluding carboxylic acids is 1. The van der Waals surface area contributed by atoms with E-state index in [9.17, 15) is 4.79 Å². The summed E-state index contributed by atoms with van der Waals surface area (Å²) in [7, 11) is 3.15. The maximum Gasteiger partial charge on any atom is 0.309 e. The van der Waals surface area contributed by atoms with Gasteiger partial charge in [0, 0.05) is 13.1 Å². The zero-order valence-corrected chi connectivity index (χ0v) is 12.3. The van der Waals surface area contributed by atoms with Crippen LogP contribution in [0.15, 0.2) is 24.3 Å². The van der Waals surface area contributed by atoms with Gasteiger partial charge in [-0.2, -0.15) is 0 Å². The monoisotopic (exact) mass is 277 g/mol. The molecule has 1 aromatic carbocycles. The topological polar surface area (TPSA) is 38.8 Å². The van der Waals surface area contributed by atoms with Gasteiger partial charge in [-0.15, -0.1) is 0 Å². The van der Waals surface area contributed by atoms with E-state index in [2.05, 4.69) is 17.0 Å². The number of rotatable bonds is 5. The molecule has 1 aliphatic heterocycles. The van der Waals surface area contributed by atoms with Gasteiger partial charge in [0.1, 0.15) is 5.75 Å². The van der Waals surface area contributed by atoms with Crippen LogP contribution in [-0.2, 0) is 16.0 Å². The molecule has 110 valence electrons. The van der Waals surface area contributed by atoms with Crippen molar-refractivity contribution in [2.24, 2.45) is 5.92 Å². The molecule has 1 aliphatic rings. The van der Waals surface area contributed by atoms with Gasteiger partial charge in [-0.05, 0) is 43.5 Å². The minimum atomic E-state index is -0.0702. The average molecular weight is 277 g/mol. The molecule has 0 amide bonds. The van der Waals surface area contributed by atoms with Crippen molar-refractivity contribution in [3.05, 3.63) is 29.8 Å². The highest BCUT2D eigenvalue weighted by Crippen LogP contribution is 2.18. The second-order valence-electron chi connectivity index (χ2n) is 5.26. The van der Waals surface area contributed by atoms with Crippen LogP contribution >= 0.6 is 0 Å². The van der Waals surface area contributed by atoms with Crippen LogP contribution in [0.1, 0.15) is 18.4 Å². The van der Waals surface area contributed by atoms with Crippen LogP contribution in [0.25, 0.3) is 0 Å². The second-order valence-corrected chi connectivity index (χ2v) is 5.26. The predicted molar refractivity (Wildman–Crippen MR) is 77.9 cm³/mol. The first-order chi connectivity index (χ1) is 9.72. The highest BCUT2D eigenvalue weighted by atomic mass is 16.5. The van der Waals surface area contributed by atoms with E-state index in [1.165, 1.54) is 12.7 Å². The highest BCUT2D eigenvalue weighted by molar-refractivity contribution is 5.72. The fraction of sp³-hybridized carbons (Fsp3) is 0.562. The minimum absolute atomic E-state index is 0.0459. The molecule has 1 aromatic rings. The van der Waals surface area contributed by atoms with E-state index in [4.69, 9.17) is 9.47 Å². The van der Waals surface area contributed by atoms with Crippen LogP contribution in [0.4, 0.5) is 0 Å². The van der Waals surface area contributed by atoms with Crippen molar-refractivity contribution in [3.63, 3.8) is 0 Å². The quantitative estimate of drug-likeness (QED) is 0.773. The first-order valence-electron chi connectivity index (χ1n) is 7.16. The smallest absolute Gasteiger partial charge is 0.309 e. The van der Waals surface area contributed by atoms with Crippen molar-refractivity contribution in [3.8, 4) is 5.75 Å². The van der Waals surface area contributed by atoms with E-state index in [1.807, 2.05) is 12.1 Å². The zero-order valence-electron chi connectivity index (χ0n) is 12.3. The Morgan fingerprint density at radius 3 is 2.70 bits per heavy atom. The van der Waals surface area contributed by atoms with E-state index >= 15 is 0 Å². The summed E-state index contributed by atoms with van der Waals surface area (Å²) in [6, 6.07) is 8.17. The number of ether oxygens (including phenoxy) is 2. The SMILES string of the molecule is COC(=O)C1CCCN(CCc2ccc(OC)cc2)C1. The van der Waals surface area contributed by atoms with Crippen LogP contribution in [-0.4, -0.2) is 44.7 Å². The molecule has 20 heavy (non-hydrogen) atoms. The Morgan fingerprint density at radius 2 is 2.05 bits per heavy atom. The summed E-state index contributed by atoms with van der Waals surface area (Å²) in [6.45, 7) is 2.88. The Morgan fingerprint density at radius 1 is 1.30 bits per heavy atom. The molecule has 4 nitrogen and oxygen atoms in total. The molecular formula is C16H23NO3. The van der Waals surface area contributed by atoms with Gasteiger partial charge in [-0.25, -0.2) is 0 Å². The molecule has 0 aliphatic carbocycles. The molecule has 0 N–H and O–H groups in total. The molecular weight excluding hydrogens is 254 g/mol. The van der Waals surface area contributed by atoms with E-state index in [0.717, 1.165) is 44.6 Å². The first-order valence-corrected chi connectivity index (χ1v) is 7.16. The molecule has 1 atom stereocenters. The number of likely N-dealkylation sites (tertiary alicyclic amines) is 1. The molecule has 0 saturated carbocycles. The van der Waals surface area contributed by atoms with E-state index in [0.29, 0.717) is 0 Å². The van der Waals surface area contributed by atoms with Gasteiger partial charge in [-0.3, -0.25) is 4.79 Å². The van der Waals surface area contributed by atoms with Crippen LogP contribution in [0.2, 0.25) is 0 Å². The predicted octanol–water partition coefficient (Wildman–Crippen LogP) is 2.12. The van der Waals surface area contributed by atoms with Crippen LogP contribution in [0.5, 0.6) is 5.75 Å². The van der Waals surface area contributed by atoms with Gasteiger partial charge < -0.3 is 14.4 Å². The summed E-state index contributed by atoms with van der Waals surface area (Å²) in [4.78, 5) is 14.0. The van der Waals surface area contributed by atoms with Gasteiger partial charge in [0.15, 0.2) is 0 Å². The molecule has 0 radical (unpaired) electrons. The summed E-state index contributed by atoms with van der Waals surface area (Å²) in [5, 5.41) is 0. The molecule has 1 saturated heterocycles. The van der Waals surface area contributed by atoms with Gasteiger partial charge in [0.2, 0.25) is 0 Å². The van der Waals surface area contributed by atoms with E-state index in [-0.39, 0.29) is 11.9 Å². The number of piperidine rings is 1. The Balaban J connectivity index is 1.82. The number of carbonyl (C=O) groups is 1. The summed E-state index contributed by atoms with van der Waals surface area (Å²) in [5.74, 6) is 0.862. The molecule has 1 unspecified atom stereocenters. The Hall–Kier alpha value is -1.55. The third-order valence-electron chi connectivity index (χ3n) is 3.92. The molecule has 2 rings (SSSR count).